The molecule has 7 nitrogen and oxygen atoms in total. The molecule has 0 spiro atoms. The molecule has 2 amide bonds. The molecule has 0 bridgehead atoms. The molecule has 4 rings (SSSR count). The van der Waals surface area contributed by atoms with E-state index in [-0.39, 0.29) is 6.03 Å². The van der Waals surface area contributed by atoms with Gasteiger partial charge in [-0.05, 0) is 42.5 Å². The summed E-state index contributed by atoms with van der Waals surface area (Å²) < 4.78 is 5.33. The molecule has 0 aliphatic carbocycles. The largest absolute Gasteiger partial charge is 0.463 e. The number of carbonyl (C=O) groups excluding carboxylic acids is 1. The van der Waals surface area contributed by atoms with E-state index >= 15 is 0 Å². The lowest BCUT2D eigenvalue weighted by Crippen LogP contribution is -2.50. The van der Waals surface area contributed by atoms with Crippen LogP contribution in [0.3, 0.4) is 0 Å². The summed E-state index contributed by atoms with van der Waals surface area (Å²) in [5.74, 6) is 1.45. The first-order chi connectivity index (χ1) is 13.6. The molecule has 1 aliphatic rings. The van der Waals surface area contributed by atoms with Gasteiger partial charge < -0.3 is 19.5 Å². The van der Waals surface area contributed by atoms with E-state index in [1.165, 1.54) is 0 Å². The number of anilines is 2. The number of amides is 2. The van der Waals surface area contributed by atoms with Crippen molar-refractivity contribution < 1.29 is 9.21 Å². The van der Waals surface area contributed by atoms with Crippen LogP contribution in [-0.4, -0.2) is 47.3 Å². The van der Waals surface area contributed by atoms with Gasteiger partial charge in [-0.1, -0.05) is 23.2 Å². The Morgan fingerprint density at radius 3 is 2.54 bits per heavy atom. The summed E-state index contributed by atoms with van der Waals surface area (Å²) in [6, 6.07) is 12.2. The van der Waals surface area contributed by atoms with Gasteiger partial charge in [-0.3, -0.25) is 0 Å². The van der Waals surface area contributed by atoms with Gasteiger partial charge in [0.1, 0.15) is 5.69 Å². The van der Waals surface area contributed by atoms with Crippen LogP contribution < -0.4 is 10.2 Å². The van der Waals surface area contributed by atoms with Crippen LogP contribution in [0.2, 0.25) is 10.0 Å². The standard InChI is InChI=1S/C19H17Cl2N5O2/c20-13-3-4-14(21)16(12-13)22-19(27)26-9-7-25(8-10-26)18-6-5-15(23-24-18)17-2-1-11-28-17/h1-6,11-12H,7-10H2,(H,22,27). The average Bonchev–Trinajstić information content (AvgIpc) is 3.26. The van der Waals surface area contributed by atoms with E-state index in [0.29, 0.717) is 53.4 Å². The van der Waals surface area contributed by atoms with Gasteiger partial charge >= 0.3 is 6.03 Å². The Bertz CT molecular complexity index is 955. The van der Waals surface area contributed by atoms with E-state index in [4.69, 9.17) is 27.6 Å². The number of aromatic nitrogens is 2. The summed E-state index contributed by atoms with van der Waals surface area (Å²) in [4.78, 5) is 16.3. The van der Waals surface area contributed by atoms with E-state index < -0.39 is 0 Å². The van der Waals surface area contributed by atoms with E-state index in [0.717, 1.165) is 5.82 Å². The Hall–Kier alpha value is -2.77. The highest BCUT2D eigenvalue weighted by Crippen LogP contribution is 2.26. The Morgan fingerprint density at radius 1 is 1.04 bits per heavy atom. The Balaban J connectivity index is 1.35. The van der Waals surface area contributed by atoms with Gasteiger partial charge in [0.15, 0.2) is 11.6 Å². The molecule has 0 saturated carbocycles. The lowest BCUT2D eigenvalue weighted by molar-refractivity contribution is 0.208. The first-order valence-electron chi connectivity index (χ1n) is 8.74. The SMILES string of the molecule is O=C(Nc1cc(Cl)ccc1Cl)N1CCN(c2ccc(-c3ccco3)nn2)CC1. The van der Waals surface area contributed by atoms with Crippen molar-refractivity contribution in [2.24, 2.45) is 0 Å². The second kappa shape index (κ2) is 8.08. The summed E-state index contributed by atoms with van der Waals surface area (Å²) in [5, 5.41) is 12.3. The number of urea groups is 1. The van der Waals surface area contributed by atoms with E-state index in [2.05, 4.69) is 20.4 Å². The van der Waals surface area contributed by atoms with Gasteiger partial charge in [-0.2, -0.15) is 0 Å². The predicted octanol–water partition coefficient (Wildman–Crippen LogP) is 4.40. The molecule has 1 N–H and O–H groups in total. The number of piperazine rings is 1. The van der Waals surface area contributed by atoms with E-state index in [9.17, 15) is 4.79 Å². The summed E-state index contributed by atoms with van der Waals surface area (Å²) in [5.41, 5.74) is 1.19. The summed E-state index contributed by atoms with van der Waals surface area (Å²) in [6.07, 6.45) is 1.60. The fourth-order valence-electron chi connectivity index (χ4n) is 2.98. The Morgan fingerprint density at radius 2 is 1.86 bits per heavy atom. The molecule has 3 aromatic rings. The minimum atomic E-state index is -0.205. The number of halogens is 2. The number of hydrogen-bond donors (Lipinski definition) is 1. The number of hydrogen-bond acceptors (Lipinski definition) is 5. The molecule has 28 heavy (non-hydrogen) atoms. The number of rotatable bonds is 3. The molecule has 0 unspecified atom stereocenters. The van der Waals surface area contributed by atoms with Gasteiger partial charge in [-0.15, -0.1) is 10.2 Å². The first kappa shape index (κ1) is 18.6. The zero-order valence-electron chi connectivity index (χ0n) is 14.8. The van der Waals surface area contributed by atoms with Gasteiger partial charge in [0.2, 0.25) is 0 Å². The fraction of sp³-hybridized carbons (Fsp3) is 0.211. The molecule has 0 atom stereocenters. The summed E-state index contributed by atoms with van der Waals surface area (Å²) >= 11 is 12.1. The molecule has 1 fully saturated rings. The van der Waals surface area contributed by atoms with Gasteiger partial charge in [0.25, 0.3) is 0 Å². The quantitative estimate of drug-likeness (QED) is 0.683. The van der Waals surface area contributed by atoms with Crippen molar-refractivity contribution in [2.75, 3.05) is 36.4 Å². The monoisotopic (exact) mass is 417 g/mol. The Kier molecular flexibility index (Phi) is 5.36. The maximum Gasteiger partial charge on any atom is 0.322 e. The normalized spacial score (nSPS) is 14.2. The van der Waals surface area contributed by atoms with Gasteiger partial charge in [-0.25, -0.2) is 4.79 Å². The molecule has 144 valence electrons. The molecule has 1 aromatic carbocycles. The van der Waals surface area contributed by atoms with Crippen molar-refractivity contribution in [2.45, 2.75) is 0 Å². The van der Waals surface area contributed by atoms with E-state index in [1.807, 2.05) is 24.3 Å². The van der Waals surface area contributed by atoms with Crippen LogP contribution in [0.1, 0.15) is 0 Å². The number of furan rings is 1. The predicted molar refractivity (Wildman–Crippen MR) is 109 cm³/mol. The van der Waals surface area contributed by atoms with Crippen LogP contribution >= 0.6 is 23.2 Å². The second-order valence-electron chi connectivity index (χ2n) is 6.28. The average molecular weight is 418 g/mol. The van der Waals surface area contributed by atoms with Crippen LogP contribution in [0.4, 0.5) is 16.3 Å². The third-order valence-electron chi connectivity index (χ3n) is 4.48. The van der Waals surface area contributed by atoms with Crippen molar-refractivity contribution in [3.05, 3.63) is 58.8 Å². The highest BCUT2D eigenvalue weighted by molar-refractivity contribution is 6.35. The maximum absolute atomic E-state index is 12.5. The highest BCUT2D eigenvalue weighted by atomic mass is 35.5. The third kappa shape index (κ3) is 4.05. The van der Waals surface area contributed by atoms with Crippen LogP contribution in [0.25, 0.3) is 11.5 Å². The second-order valence-corrected chi connectivity index (χ2v) is 7.13. The van der Waals surface area contributed by atoms with Crippen LogP contribution in [0, 0.1) is 0 Å². The molecule has 1 aliphatic heterocycles. The van der Waals surface area contributed by atoms with Crippen molar-refractivity contribution in [3.63, 3.8) is 0 Å². The molecule has 2 aromatic heterocycles. The summed E-state index contributed by atoms with van der Waals surface area (Å²) in [7, 11) is 0. The van der Waals surface area contributed by atoms with Crippen molar-refractivity contribution in [1.82, 2.24) is 15.1 Å². The number of nitrogens with one attached hydrogen (secondary N) is 1. The third-order valence-corrected chi connectivity index (χ3v) is 5.05. The van der Waals surface area contributed by atoms with Crippen LogP contribution in [0.15, 0.2) is 53.1 Å². The molecule has 9 heteroatoms. The minimum Gasteiger partial charge on any atom is -0.463 e. The topological polar surface area (TPSA) is 74.5 Å². The van der Waals surface area contributed by atoms with E-state index in [1.54, 1.807) is 29.4 Å². The van der Waals surface area contributed by atoms with Crippen molar-refractivity contribution in [3.8, 4) is 11.5 Å². The van der Waals surface area contributed by atoms with Gasteiger partial charge in [0, 0.05) is 31.2 Å². The molecule has 3 heterocycles. The zero-order valence-corrected chi connectivity index (χ0v) is 16.3. The molecule has 1 saturated heterocycles. The molecular formula is C19H17Cl2N5O2. The number of benzene rings is 1. The van der Waals surface area contributed by atoms with Crippen molar-refractivity contribution >= 4 is 40.7 Å². The molecular weight excluding hydrogens is 401 g/mol. The summed E-state index contributed by atoms with van der Waals surface area (Å²) in [6.45, 7) is 2.44. The minimum absolute atomic E-state index is 0.205. The zero-order chi connectivity index (χ0) is 19.5. The number of nitrogens with zero attached hydrogens (tertiary/aromatic N) is 4. The molecule has 0 radical (unpaired) electrons. The number of carbonyl (C=O) groups is 1. The first-order valence-corrected chi connectivity index (χ1v) is 9.49. The lowest BCUT2D eigenvalue weighted by atomic mass is 10.3. The van der Waals surface area contributed by atoms with Crippen molar-refractivity contribution in [1.29, 1.82) is 0 Å². The van der Waals surface area contributed by atoms with Crippen LogP contribution in [-0.2, 0) is 0 Å². The lowest BCUT2D eigenvalue weighted by Gasteiger charge is -2.35. The van der Waals surface area contributed by atoms with Gasteiger partial charge in [0.05, 0.1) is 17.0 Å². The fourth-order valence-corrected chi connectivity index (χ4v) is 3.31. The van der Waals surface area contributed by atoms with Crippen LogP contribution in [0.5, 0.6) is 0 Å². The maximum atomic E-state index is 12.5. The highest BCUT2D eigenvalue weighted by Gasteiger charge is 2.23. The smallest absolute Gasteiger partial charge is 0.322 e. The Labute approximate surface area is 171 Å².